The number of hydrogen-bond donors (Lipinski definition) is 2. The molecule has 21 heavy (non-hydrogen) atoms. The van der Waals surface area contributed by atoms with E-state index in [-0.39, 0.29) is 5.91 Å². The summed E-state index contributed by atoms with van der Waals surface area (Å²) < 4.78 is 0. The number of benzene rings is 1. The zero-order valence-electron chi connectivity index (χ0n) is 13.0. The monoisotopic (exact) mass is 289 g/mol. The number of carbonyl (C=O) groups excluding carboxylic acids is 1. The number of nitrogens with one attached hydrogen (secondary N) is 2. The zero-order valence-corrected chi connectivity index (χ0v) is 13.0. The maximum atomic E-state index is 11.9. The van der Waals surface area contributed by atoms with Crippen molar-refractivity contribution >= 4 is 5.91 Å². The highest BCUT2D eigenvalue weighted by Crippen LogP contribution is 2.09. The summed E-state index contributed by atoms with van der Waals surface area (Å²) in [5, 5.41) is 6.16. The van der Waals surface area contributed by atoms with Gasteiger partial charge in [0, 0.05) is 26.1 Å². The first kappa shape index (κ1) is 16.0. The van der Waals surface area contributed by atoms with Crippen LogP contribution in [0.2, 0.25) is 0 Å². The lowest BCUT2D eigenvalue weighted by atomic mass is 10.1. The molecule has 2 rings (SSSR count). The predicted octanol–water partition coefficient (Wildman–Crippen LogP) is 1.90. The summed E-state index contributed by atoms with van der Waals surface area (Å²) in [6.07, 6.45) is 4.50. The van der Waals surface area contributed by atoms with Crippen molar-refractivity contribution in [2.24, 2.45) is 0 Å². The predicted molar refractivity (Wildman–Crippen MR) is 86.0 cm³/mol. The molecule has 1 aromatic rings. The summed E-state index contributed by atoms with van der Waals surface area (Å²) in [4.78, 5) is 14.3. The van der Waals surface area contributed by atoms with Crippen molar-refractivity contribution in [3.05, 3.63) is 35.4 Å². The van der Waals surface area contributed by atoms with E-state index >= 15 is 0 Å². The quantitative estimate of drug-likeness (QED) is 0.806. The van der Waals surface area contributed by atoms with Crippen LogP contribution >= 0.6 is 0 Å². The van der Waals surface area contributed by atoms with Gasteiger partial charge in [-0.15, -0.1) is 0 Å². The first-order valence-electron chi connectivity index (χ1n) is 7.99. The fourth-order valence-electron chi connectivity index (χ4n) is 2.79. The summed E-state index contributed by atoms with van der Waals surface area (Å²) in [6, 6.07) is 8.34. The summed E-state index contributed by atoms with van der Waals surface area (Å²) in [5.41, 5.74) is 2.41. The second-order valence-corrected chi connectivity index (χ2v) is 5.78. The van der Waals surface area contributed by atoms with E-state index in [1.165, 1.54) is 24.8 Å². The lowest BCUT2D eigenvalue weighted by molar-refractivity contribution is -0.121. The van der Waals surface area contributed by atoms with Gasteiger partial charge in [-0.3, -0.25) is 4.79 Å². The van der Waals surface area contributed by atoms with E-state index in [2.05, 4.69) is 33.7 Å². The number of carbonyl (C=O) groups is 1. The fourth-order valence-corrected chi connectivity index (χ4v) is 2.79. The molecular formula is C17H27N3O. The molecule has 0 saturated carbocycles. The second kappa shape index (κ2) is 8.80. The van der Waals surface area contributed by atoms with Crippen LogP contribution < -0.4 is 10.6 Å². The van der Waals surface area contributed by atoms with Gasteiger partial charge < -0.3 is 15.5 Å². The zero-order chi connectivity index (χ0) is 14.9. The van der Waals surface area contributed by atoms with Crippen LogP contribution in [0.15, 0.2) is 24.3 Å². The maximum absolute atomic E-state index is 11.9. The minimum Gasteiger partial charge on any atom is -0.352 e. The van der Waals surface area contributed by atoms with Gasteiger partial charge in [0.05, 0.1) is 0 Å². The summed E-state index contributed by atoms with van der Waals surface area (Å²) in [5.74, 6) is 0.152. The van der Waals surface area contributed by atoms with Crippen LogP contribution in [0.25, 0.3) is 0 Å². The van der Waals surface area contributed by atoms with E-state index in [1.807, 2.05) is 13.1 Å². The van der Waals surface area contributed by atoms with E-state index in [9.17, 15) is 4.79 Å². The molecule has 0 bridgehead atoms. The highest BCUT2D eigenvalue weighted by atomic mass is 16.1. The topological polar surface area (TPSA) is 44.4 Å². The molecule has 1 saturated heterocycles. The Morgan fingerprint density at radius 3 is 2.57 bits per heavy atom. The van der Waals surface area contributed by atoms with Gasteiger partial charge in [-0.2, -0.15) is 0 Å². The van der Waals surface area contributed by atoms with E-state index in [0.717, 1.165) is 31.7 Å². The number of piperidine rings is 1. The van der Waals surface area contributed by atoms with Crippen molar-refractivity contribution in [1.82, 2.24) is 15.5 Å². The highest BCUT2D eigenvalue weighted by Gasteiger charge is 2.11. The molecule has 1 heterocycles. The first-order chi connectivity index (χ1) is 10.3. The molecule has 116 valence electrons. The van der Waals surface area contributed by atoms with Crippen molar-refractivity contribution in [3.8, 4) is 0 Å². The normalized spacial score (nSPS) is 15.9. The Hall–Kier alpha value is -1.39. The third-order valence-corrected chi connectivity index (χ3v) is 3.97. The Bertz CT molecular complexity index is 441. The SMILES string of the molecule is CNCc1cccc(CNC(=O)CCN2CCCCC2)c1. The first-order valence-corrected chi connectivity index (χ1v) is 7.99. The molecule has 4 heteroatoms. The highest BCUT2D eigenvalue weighted by molar-refractivity contribution is 5.76. The summed E-state index contributed by atoms with van der Waals surface area (Å²) >= 11 is 0. The second-order valence-electron chi connectivity index (χ2n) is 5.78. The number of hydrogen-bond acceptors (Lipinski definition) is 3. The van der Waals surface area contributed by atoms with Crippen molar-refractivity contribution in [3.63, 3.8) is 0 Å². The van der Waals surface area contributed by atoms with Crippen molar-refractivity contribution in [2.75, 3.05) is 26.7 Å². The molecule has 0 aliphatic carbocycles. The van der Waals surface area contributed by atoms with Crippen molar-refractivity contribution in [2.45, 2.75) is 38.8 Å². The maximum Gasteiger partial charge on any atom is 0.221 e. The fraction of sp³-hybridized carbons (Fsp3) is 0.588. The lowest BCUT2D eigenvalue weighted by Crippen LogP contribution is -2.34. The molecule has 1 aromatic carbocycles. The number of nitrogens with zero attached hydrogens (tertiary/aromatic N) is 1. The van der Waals surface area contributed by atoms with Crippen LogP contribution in [0.4, 0.5) is 0 Å². The number of amides is 1. The third-order valence-electron chi connectivity index (χ3n) is 3.97. The molecule has 1 fully saturated rings. The Morgan fingerprint density at radius 2 is 1.86 bits per heavy atom. The summed E-state index contributed by atoms with van der Waals surface area (Å²) in [6.45, 7) is 4.68. The average Bonchev–Trinajstić information content (AvgIpc) is 2.53. The van der Waals surface area contributed by atoms with E-state index in [0.29, 0.717) is 13.0 Å². The van der Waals surface area contributed by atoms with Crippen LogP contribution in [-0.2, 0) is 17.9 Å². The van der Waals surface area contributed by atoms with Gasteiger partial charge in [0.1, 0.15) is 0 Å². The van der Waals surface area contributed by atoms with E-state index in [4.69, 9.17) is 0 Å². The molecule has 1 aliphatic heterocycles. The Morgan fingerprint density at radius 1 is 1.14 bits per heavy atom. The number of likely N-dealkylation sites (tertiary alicyclic amines) is 1. The van der Waals surface area contributed by atoms with Gasteiger partial charge >= 0.3 is 0 Å². The molecule has 2 N–H and O–H groups in total. The lowest BCUT2D eigenvalue weighted by Gasteiger charge is -2.25. The van der Waals surface area contributed by atoms with Gasteiger partial charge in [0.25, 0.3) is 0 Å². The van der Waals surface area contributed by atoms with Crippen LogP contribution in [0.1, 0.15) is 36.8 Å². The molecule has 4 nitrogen and oxygen atoms in total. The molecular weight excluding hydrogens is 262 g/mol. The molecule has 0 radical (unpaired) electrons. The van der Waals surface area contributed by atoms with Crippen LogP contribution in [0.3, 0.4) is 0 Å². The van der Waals surface area contributed by atoms with Gasteiger partial charge in [-0.25, -0.2) is 0 Å². The van der Waals surface area contributed by atoms with Gasteiger partial charge in [-0.1, -0.05) is 30.7 Å². The Labute approximate surface area is 127 Å². The van der Waals surface area contributed by atoms with Gasteiger partial charge in [-0.05, 0) is 44.1 Å². The van der Waals surface area contributed by atoms with Crippen LogP contribution in [0, 0.1) is 0 Å². The number of rotatable bonds is 7. The molecule has 1 amide bonds. The van der Waals surface area contributed by atoms with Crippen LogP contribution in [0.5, 0.6) is 0 Å². The van der Waals surface area contributed by atoms with Crippen molar-refractivity contribution < 1.29 is 4.79 Å². The van der Waals surface area contributed by atoms with Gasteiger partial charge in [0.2, 0.25) is 5.91 Å². The van der Waals surface area contributed by atoms with E-state index < -0.39 is 0 Å². The molecule has 0 aromatic heterocycles. The standard InChI is InChI=1S/C17H27N3O/c1-18-13-15-6-5-7-16(12-15)14-19-17(21)8-11-20-9-3-2-4-10-20/h5-7,12,18H,2-4,8-11,13-14H2,1H3,(H,19,21). The molecule has 0 atom stereocenters. The minimum absolute atomic E-state index is 0.152. The average molecular weight is 289 g/mol. The smallest absolute Gasteiger partial charge is 0.221 e. The Kier molecular flexibility index (Phi) is 6.70. The largest absolute Gasteiger partial charge is 0.352 e. The minimum atomic E-state index is 0.152. The van der Waals surface area contributed by atoms with E-state index in [1.54, 1.807) is 0 Å². The molecule has 1 aliphatic rings. The summed E-state index contributed by atoms with van der Waals surface area (Å²) in [7, 11) is 1.94. The Balaban J connectivity index is 1.69. The molecule has 0 unspecified atom stereocenters. The van der Waals surface area contributed by atoms with Gasteiger partial charge in [0.15, 0.2) is 0 Å². The molecule has 0 spiro atoms. The third kappa shape index (κ3) is 5.86. The van der Waals surface area contributed by atoms with Crippen molar-refractivity contribution in [1.29, 1.82) is 0 Å². The van der Waals surface area contributed by atoms with Crippen LogP contribution in [-0.4, -0.2) is 37.5 Å².